The van der Waals surface area contributed by atoms with Gasteiger partial charge in [-0.3, -0.25) is 4.98 Å². The van der Waals surface area contributed by atoms with E-state index in [1.54, 1.807) is 24.5 Å². The molecule has 0 aliphatic rings. The lowest BCUT2D eigenvalue weighted by molar-refractivity contribution is 0.0473. The maximum absolute atomic E-state index is 11.9. The van der Waals surface area contributed by atoms with Gasteiger partial charge in [0, 0.05) is 28.7 Å². The Morgan fingerprint density at radius 2 is 2.16 bits per heavy atom. The molecule has 0 saturated carbocycles. The number of esters is 1. The molecule has 0 bridgehead atoms. The van der Waals surface area contributed by atoms with Crippen molar-refractivity contribution in [2.24, 2.45) is 0 Å². The Balaban J connectivity index is 2.07. The van der Waals surface area contributed by atoms with Crippen LogP contribution in [0.2, 0.25) is 5.02 Å². The molecule has 0 radical (unpaired) electrons. The molecule has 0 aliphatic heterocycles. The van der Waals surface area contributed by atoms with Gasteiger partial charge in [-0.2, -0.15) is 0 Å². The second-order valence-electron chi connectivity index (χ2n) is 4.18. The van der Waals surface area contributed by atoms with Gasteiger partial charge in [0.1, 0.15) is 6.61 Å². The highest BCUT2D eigenvalue weighted by molar-refractivity contribution is 6.31. The van der Waals surface area contributed by atoms with Gasteiger partial charge >= 0.3 is 5.97 Å². The van der Waals surface area contributed by atoms with Crippen LogP contribution in [0.4, 0.5) is 5.69 Å². The molecule has 98 valence electrons. The van der Waals surface area contributed by atoms with E-state index in [-0.39, 0.29) is 12.2 Å². The van der Waals surface area contributed by atoms with Crippen molar-refractivity contribution in [3.63, 3.8) is 0 Å². The normalized spacial score (nSPS) is 10.2. The Morgan fingerprint density at radius 1 is 1.37 bits per heavy atom. The van der Waals surface area contributed by atoms with Gasteiger partial charge in [0.05, 0.1) is 5.56 Å². The molecule has 0 saturated heterocycles. The first kappa shape index (κ1) is 13.4. The zero-order valence-electron chi connectivity index (χ0n) is 10.4. The Morgan fingerprint density at radius 3 is 2.89 bits per heavy atom. The first-order valence-electron chi connectivity index (χ1n) is 5.69. The van der Waals surface area contributed by atoms with Crippen LogP contribution in [0.5, 0.6) is 0 Å². The van der Waals surface area contributed by atoms with E-state index >= 15 is 0 Å². The lowest BCUT2D eigenvalue weighted by Gasteiger charge is -2.07. The molecule has 0 fully saturated rings. The first-order valence-corrected chi connectivity index (χ1v) is 6.07. The number of aryl methyl sites for hydroxylation is 1. The smallest absolute Gasteiger partial charge is 0.340 e. The molecule has 4 nitrogen and oxygen atoms in total. The van der Waals surface area contributed by atoms with Crippen LogP contribution >= 0.6 is 11.6 Å². The molecule has 0 amide bonds. The zero-order chi connectivity index (χ0) is 13.8. The molecule has 0 unspecified atom stereocenters. The van der Waals surface area contributed by atoms with Crippen LogP contribution in [0.3, 0.4) is 0 Å². The minimum atomic E-state index is -0.499. The van der Waals surface area contributed by atoms with Crippen LogP contribution in [-0.2, 0) is 11.3 Å². The number of nitrogens with two attached hydrogens (primary N) is 1. The molecule has 1 aromatic carbocycles. The van der Waals surface area contributed by atoms with Crippen molar-refractivity contribution in [3.05, 3.63) is 58.4 Å². The minimum absolute atomic E-state index is 0.152. The van der Waals surface area contributed by atoms with Gasteiger partial charge in [0.25, 0.3) is 0 Å². The van der Waals surface area contributed by atoms with Crippen LogP contribution < -0.4 is 5.73 Å². The summed E-state index contributed by atoms with van der Waals surface area (Å²) in [5, 5.41) is 0.443. The standard InChI is InChI=1S/C14H13ClN2O2/c1-9-4-10(7-17-6-9)8-19-14(18)12-5-11(15)2-3-13(12)16/h2-7H,8,16H2,1H3. The van der Waals surface area contributed by atoms with E-state index in [4.69, 9.17) is 22.1 Å². The monoisotopic (exact) mass is 276 g/mol. The summed E-state index contributed by atoms with van der Waals surface area (Å²) in [5.74, 6) is -0.499. The first-order chi connectivity index (χ1) is 9.06. The van der Waals surface area contributed by atoms with Crippen molar-refractivity contribution in [2.45, 2.75) is 13.5 Å². The highest BCUT2D eigenvalue weighted by Gasteiger charge is 2.12. The molecule has 2 aromatic rings. The van der Waals surface area contributed by atoms with E-state index in [2.05, 4.69) is 4.98 Å². The summed E-state index contributed by atoms with van der Waals surface area (Å²) in [5.41, 5.74) is 8.16. The number of benzene rings is 1. The van der Waals surface area contributed by atoms with Gasteiger partial charge in [-0.1, -0.05) is 11.6 Å². The number of nitrogens with zero attached hydrogens (tertiary/aromatic N) is 1. The van der Waals surface area contributed by atoms with E-state index in [1.165, 1.54) is 6.07 Å². The second-order valence-corrected chi connectivity index (χ2v) is 4.61. The SMILES string of the molecule is Cc1cncc(COC(=O)c2cc(Cl)ccc2N)c1. The van der Waals surface area contributed by atoms with Crippen molar-refractivity contribution < 1.29 is 9.53 Å². The van der Waals surface area contributed by atoms with E-state index in [0.717, 1.165) is 11.1 Å². The van der Waals surface area contributed by atoms with Crippen LogP contribution in [-0.4, -0.2) is 11.0 Å². The van der Waals surface area contributed by atoms with Gasteiger partial charge in [0.2, 0.25) is 0 Å². The quantitative estimate of drug-likeness (QED) is 0.691. The number of ether oxygens (including phenoxy) is 1. The number of pyridine rings is 1. The van der Waals surface area contributed by atoms with E-state index < -0.39 is 5.97 Å². The van der Waals surface area contributed by atoms with Gasteiger partial charge in [-0.05, 0) is 36.8 Å². The Kier molecular flexibility index (Phi) is 4.02. The molecular weight excluding hydrogens is 264 g/mol. The number of hydrogen-bond acceptors (Lipinski definition) is 4. The fourth-order valence-electron chi connectivity index (χ4n) is 1.63. The van der Waals surface area contributed by atoms with E-state index in [9.17, 15) is 4.79 Å². The van der Waals surface area contributed by atoms with Crippen LogP contribution in [0.15, 0.2) is 36.7 Å². The molecule has 1 aromatic heterocycles. The van der Waals surface area contributed by atoms with Gasteiger partial charge in [-0.25, -0.2) is 4.79 Å². The highest BCUT2D eigenvalue weighted by atomic mass is 35.5. The summed E-state index contributed by atoms with van der Waals surface area (Å²) in [6, 6.07) is 6.60. The van der Waals surface area contributed by atoms with E-state index in [1.807, 2.05) is 13.0 Å². The van der Waals surface area contributed by atoms with Crippen LogP contribution in [0.1, 0.15) is 21.5 Å². The number of hydrogen-bond donors (Lipinski definition) is 1. The number of aromatic nitrogens is 1. The van der Waals surface area contributed by atoms with Gasteiger partial charge < -0.3 is 10.5 Å². The summed E-state index contributed by atoms with van der Waals surface area (Å²) in [6.45, 7) is 2.08. The Hall–Kier alpha value is -2.07. The largest absolute Gasteiger partial charge is 0.457 e. The maximum Gasteiger partial charge on any atom is 0.340 e. The number of carbonyl (C=O) groups is 1. The predicted molar refractivity (Wildman–Crippen MR) is 74.0 cm³/mol. The third-order valence-corrected chi connectivity index (χ3v) is 2.77. The highest BCUT2D eigenvalue weighted by Crippen LogP contribution is 2.19. The fourth-order valence-corrected chi connectivity index (χ4v) is 1.80. The number of anilines is 1. The predicted octanol–water partition coefficient (Wildman–Crippen LogP) is 2.98. The summed E-state index contributed by atoms with van der Waals surface area (Å²) < 4.78 is 5.19. The lowest BCUT2D eigenvalue weighted by Crippen LogP contribution is -2.08. The molecule has 0 atom stereocenters. The lowest BCUT2D eigenvalue weighted by atomic mass is 10.2. The minimum Gasteiger partial charge on any atom is -0.457 e. The third kappa shape index (κ3) is 3.45. The number of carbonyl (C=O) groups excluding carboxylic acids is 1. The van der Waals surface area contributed by atoms with E-state index in [0.29, 0.717) is 10.7 Å². The van der Waals surface area contributed by atoms with Gasteiger partial charge in [0.15, 0.2) is 0 Å². The summed E-state index contributed by atoms with van der Waals surface area (Å²) in [6.07, 6.45) is 3.39. The average molecular weight is 277 g/mol. The van der Waals surface area contributed by atoms with Crippen molar-refractivity contribution >= 4 is 23.3 Å². The Labute approximate surface area is 116 Å². The third-order valence-electron chi connectivity index (χ3n) is 2.54. The molecular formula is C14H13ClN2O2. The fraction of sp³-hybridized carbons (Fsp3) is 0.143. The maximum atomic E-state index is 11.9. The second kappa shape index (κ2) is 5.71. The zero-order valence-corrected chi connectivity index (χ0v) is 11.1. The molecule has 0 spiro atoms. The summed E-state index contributed by atoms with van der Waals surface area (Å²) in [7, 11) is 0. The van der Waals surface area contributed by atoms with Crippen molar-refractivity contribution in [1.82, 2.24) is 4.98 Å². The van der Waals surface area contributed by atoms with Crippen molar-refractivity contribution in [2.75, 3.05) is 5.73 Å². The topological polar surface area (TPSA) is 65.2 Å². The van der Waals surface area contributed by atoms with Crippen LogP contribution in [0.25, 0.3) is 0 Å². The number of nitrogen functional groups attached to an aromatic ring is 1. The Bertz CT molecular complexity index is 614. The van der Waals surface area contributed by atoms with Crippen LogP contribution in [0, 0.1) is 6.92 Å². The molecule has 2 rings (SSSR count). The molecule has 2 N–H and O–H groups in total. The average Bonchev–Trinajstić information content (AvgIpc) is 2.39. The van der Waals surface area contributed by atoms with Crippen molar-refractivity contribution in [3.8, 4) is 0 Å². The van der Waals surface area contributed by atoms with Gasteiger partial charge in [-0.15, -0.1) is 0 Å². The molecule has 1 heterocycles. The summed E-state index contributed by atoms with van der Waals surface area (Å²) in [4.78, 5) is 15.9. The number of halogens is 1. The summed E-state index contributed by atoms with van der Waals surface area (Å²) >= 11 is 5.83. The van der Waals surface area contributed by atoms with Crippen molar-refractivity contribution in [1.29, 1.82) is 0 Å². The molecule has 0 aliphatic carbocycles. The molecule has 5 heteroatoms. The molecule has 19 heavy (non-hydrogen) atoms. The number of rotatable bonds is 3.